The van der Waals surface area contributed by atoms with Gasteiger partial charge in [-0.3, -0.25) is 9.36 Å². The quantitative estimate of drug-likeness (QED) is 0.715. The predicted octanol–water partition coefficient (Wildman–Crippen LogP) is 0.621. The van der Waals surface area contributed by atoms with Gasteiger partial charge in [0.15, 0.2) is 0 Å². The number of nitrogens with zero attached hydrogens (tertiary/aromatic N) is 2. The number of hydrogen-bond acceptors (Lipinski definition) is 3. The minimum absolute atomic E-state index is 0.0856. The number of fused-ring (bicyclic) bond motifs is 1. The molecule has 0 bridgehead atoms. The largest absolute Gasteiger partial charge is 0.313 e. The lowest BCUT2D eigenvalue weighted by atomic mass is 10.2. The molecule has 14 heavy (non-hydrogen) atoms. The number of rotatable bonds is 1. The summed E-state index contributed by atoms with van der Waals surface area (Å²) in [6.07, 6.45) is 1.48. The van der Waals surface area contributed by atoms with Gasteiger partial charge in [-0.05, 0) is 24.6 Å². The zero-order valence-electron chi connectivity index (χ0n) is 7.90. The molecule has 2 rings (SSSR count). The summed E-state index contributed by atoms with van der Waals surface area (Å²) in [6.45, 7) is 2.13. The lowest BCUT2D eigenvalue weighted by molar-refractivity contribution is 0.692. The zero-order chi connectivity index (χ0) is 10.1. The molecule has 2 aromatic rings. The van der Waals surface area contributed by atoms with Crippen molar-refractivity contribution in [2.24, 2.45) is 5.73 Å². The van der Waals surface area contributed by atoms with Crippen molar-refractivity contribution in [3.05, 3.63) is 40.4 Å². The summed E-state index contributed by atoms with van der Waals surface area (Å²) in [4.78, 5) is 15.9. The van der Waals surface area contributed by atoms with Crippen molar-refractivity contribution in [1.29, 1.82) is 0 Å². The lowest BCUT2D eigenvalue weighted by Crippen LogP contribution is -2.24. The molecule has 0 fully saturated rings. The molecule has 0 saturated heterocycles. The summed E-state index contributed by atoms with van der Waals surface area (Å²) in [5.41, 5.74) is 7.12. The molecule has 0 amide bonds. The van der Waals surface area contributed by atoms with Crippen LogP contribution in [0, 0.1) is 6.92 Å². The van der Waals surface area contributed by atoms with E-state index in [-0.39, 0.29) is 12.2 Å². The number of hydrogen-bond donors (Lipinski definition) is 1. The molecule has 1 aromatic carbocycles. The summed E-state index contributed by atoms with van der Waals surface area (Å²) >= 11 is 0. The monoisotopic (exact) mass is 189 g/mol. The molecule has 1 aromatic heterocycles. The minimum atomic E-state index is -0.0856. The van der Waals surface area contributed by atoms with Gasteiger partial charge in [-0.25, -0.2) is 4.98 Å². The van der Waals surface area contributed by atoms with Gasteiger partial charge < -0.3 is 5.73 Å². The standard InChI is InChI=1S/C10H11N3O/c1-7-2-3-8-9(4-7)12-6-13(5-11)10(8)14/h2-4,6H,5,11H2,1H3. The van der Waals surface area contributed by atoms with E-state index in [1.54, 1.807) is 6.07 Å². The first-order valence-corrected chi connectivity index (χ1v) is 4.38. The van der Waals surface area contributed by atoms with E-state index in [0.717, 1.165) is 11.1 Å². The summed E-state index contributed by atoms with van der Waals surface area (Å²) in [5, 5.41) is 0.614. The Labute approximate surface area is 81.0 Å². The van der Waals surface area contributed by atoms with E-state index in [1.807, 2.05) is 19.1 Å². The Hall–Kier alpha value is -1.68. The van der Waals surface area contributed by atoms with E-state index in [4.69, 9.17) is 5.73 Å². The fourth-order valence-corrected chi connectivity index (χ4v) is 1.40. The molecule has 4 heteroatoms. The maximum Gasteiger partial charge on any atom is 0.262 e. The van der Waals surface area contributed by atoms with Crippen LogP contribution in [-0.2, 0) is 6.67 Å². The van der Waals surface area contributed by atoms with Gasteiger partial charge in [0, 0.05) is 0 Å². The number of benzene rings is 1. The number of aromatic nitrogens is 2. The molecular weight excluding hydrogens is 178 g/mol. The molecule has 0 aliphatic heterocycles. The molecule has 0 radical (unpaired) electrons. The zero-order valence-corrected chi connectivity index (χ0v) is 7.90. The molecular formula is C10H11N3O. The fourth-order valence-electron chi connectivity index (χ4n) is 1.40. The lowest BCUT2D eigenvalue weighted by Gasteiger charge is -2.03. The fraction of sp³-hybridized carbons (Fsp3) is 0.200. The highest BCUT2D eigenvalue weighted by Gasteiger charge is 2.01. The van der Waals surface area contributed by atoms with Crippen LogP contribution in [0.4, 0.5) is 0 Å². The van der Waals surface area contributed by atoms with E-state index in [9.17, 15) is 4.79 Å². The number of nitrogens with two attached hydrogens (primary N) is 1. The summed E-state index contributed by atoms with van der Waals surface area (Å²) in [7, 11) is 0. The highest BCUT2D eigenvalue weighted by Crippen LogP contribution is 2.08. The maximum absolute atomic E-state index is 11.7. The minimum Gasteiger partial charge on any atom is -0.313 e. The van der Waals surface area contributed by atoms with Crippen LogP contribution in [0.1, 0.15) is 5.56 Å². The Morgan fingerprint density at radius 2 is 2.29 bits per heavy atom. The van der Waals surface area contributed by atoms with Crippen LogP contribution >= 0.6 is 0 Å². The van der Waals surface area contributed by atoms with Crippen LogP contribution in [0.25, 0.3) is 10.9 Å². The van der Waals surface area contributed by atoms with Crippen LogP contribution in [0.15, 0.2) is 29.3 Å². The van der Waals surface area contributed by atoms with Gasteiger partial charge in [0.05, 0.1) is 23.9 Å². The molecule has 0 spiro atoms. The van der Waals surface area contributed by atoms with Crippen LogP contribution in [-0.4, -0.2) is 9.55 Å². The second kappa shape index (κ2) is 3.23. The predicted molar refractivity (Wildman–Crippen MR) is 54.9 cm³/mol. The van der Waals surface area contributed by atoms with Crippen LogP contribution in [0.3, 0.4) is 0 Å². The van der Waals surface area contributed by atoms with Crippen molar-refractivity contribution in [2.45, 2.75) is 13.6 Å². The highest BCUT2D eigenvalue weighted by atomic mass is 16.1. The average molecular weight is 189 g/mol. The summed E-state index contributed by atoms with van der Waals surface area (Å²) < 4.78 is 1.39. The Kier molecular flexibility index (Phi) is 2.05. The Morgan fingerprint density at radius 1 is 1.50 bits per heavy atom. The molecule has 4 nitrogen and oxygen atoms in total. The first kappa shape index (κ1) is 8.90. The third kappa shape index (κ3) is 1.29. The molecule has 0 atom stereocenters. The van der Waals surface area contributed by atoms with Crippen molar-refractivity contribution in [2.75, 3.05) is 0 Å². The van der Waals surface area contributed by atoms with Crippen molar-refractivity contribution in [3.63, 3.8) is 0 Å². The van der Waals surface area contributed by atoms with Gasteiger partial charge in [0.25, 0.3) is 5.56 Å². The first-order valence-electron chi connectivity index (χ1n) is 4.38. The van der Waals surface area contributed by atoms with Crippen molar-refractivity contribution >= 4 is 10.9 Å². The maximum atomic E-state index is 11.7. The van der Waals surface area contributed by atoms with E-state index in [1.165, 1.54) is 10.9 Å². The highest BCUT2D eigenvalue weighted by molar-refractivity contribution is 5.77. The molecule has 0 saturated carbocycles. The van der Waals surface area contributed by atoms with E-state index in [2.05, 4.69) is 4.98 Å². The molecule has 2 N–H and O–H groups in total. The van der Waals surface area contributed by atoms with Crippen LogP contribution in [0.5, 0.6) is 0 Å². The van der Waals surface area contributed by atoms with Gasteiger partial charge in [-0.2, -0.15) is 0 Å². The van der Waals surface area contributed by atoms with Crippen LogP contribution < -0.4 is 11.3 Å². The van der Waals surface area contributed by atoms with E-state index in [0.29, 0.717) is 5.39 Å². The Morgan fingerprint density at radius 3 is 3.00 bits per heavy atom. The van der Waals surface area contributed by atoms with Crippen LogP contribution in [0.2, 0.25) is 0 Å². The van der Waals surface area contributed by atoms with E-state index < -0.39 is 0 Å². The first-order chi connectivity index (χ1) is 6.72. The van der Waals surface area contributed by atoms with Gasteiger partial charge in [0.1, 0.15) is 0 Å². The van der Waals surface area contributed by atoms with Gasteiger partial charge in [-0.15, -0.1) is 0 Å². The van der Waals surface area contributed by atoms with Crippen molar-refractivity contribution < 1.29 is 0 Å². The molecule has 0 aliphatic carbocycles. The molecule has 72 valence electrons. The third-order valence-corrected chi connectivity index (χ3v) is 2.18. The second-order valence-electron chi connectivity index (χ2n) is 3.22. The SMILES string of the molecule is Cc1ccc2c(=O)n(CN)cnc2c1. The number of aryl methyl sites for hydroxylation is 1. The summed E-state index contributed by atoms with van der Waals surface area (Å²) in [5.74, 6) is 0. The Bertz CT molecular complexity index is 530. The van der Waals surface area contributed by atoms with Crippen molar-refractivity contribution in [3.8, 4) is 0 Å². The normalized spacial score (nSPS) is 10.7. The van der Waals surface area contributed by atoms with Gasteiger partial charge >= 0.3 is 0 Å². The average Bonchev–Trinajstić information content (AvgIpc) is 2.18. The summed E-state index contributed by atoms with van der Waals surface area (Å²) in [6, 6.07) is 5.57. The smallest absolute Gasteiger partial charge is 0.262 e. The molecule has 0 aliphatic rings. The molecule has 1 heterocycles. The molecule has 0 unspecified atom stereocenters. The topological polar surface area (TPSA) is 60.9 Å². The van der Waals surface area contributed by atoms with E-state index >= 15 is 0 Å². The Balaban J connectivity index is 2.84. The van der Waals surface area contributed by atoms with Crippen molar-refractivity contribution in [1.82, 2.24) is 9.55 Å². The van der Waals surface area contributed by atoms with Gasteiger partial charge in [0.2, 0.25) is 0 Å². The van der Waals surface area contributed by atoms with Gasteiger partial charge in [-0.1, -0.05) is 6.07 Å². The second-order valence-corrected chi connectivity index (χ2v) is 3.22. The third-order valence-electron chi connectivity index (χ3n) is 2.18.